The van der Waals surface area contributed by atoms with Crippen molar-refractivity contribution < 1.29 is 4.79 Å². The topological polar surface area (TPSA) is 83.0 Å². The highest BCUT2D eigenvalue weighted by Gasteiger charge is 2.18. The van der Waals surface area contributed by atoms with Gasteiger partial charge in [-0.3, -0.25) is 9.78 Å². The van der Waals surface area contributed by atoms with Crippen molar-refractivity contribution in [2.24, 2.45) is 0 Å². The average molecular weight is 218 g/mol. The third-order valence-electron chi connectivity index (χ3n) is 2.45. The molecule has 1 aromatic rings. The molecule has 84 valence electrons. The number of nitriles is 1. The van der Waals surface area contributed by atoms with E-state index in [1.807, 2.05) is 13.0 Å². The molecule has 0 radical (unpaired) electrons. The highest BCUT2D eigenvalue weighted by molar-refractivity contribution is 5.98. The van der Waals surface area contributed by atoms with Gasteiger partial charge >= 0.3 is 0 Å². The Morgan fingerprint density at radius 2 is 2.44 bits per heavy atom. The first-order valence-electron chi connectivity index (χ1n) is 4.91. The van der Waals surface area contributed by atoms with Gasteiger partial charge < -0.3 is 10.6 Å². The van der Waals surface area contributed by atoms with E-state index in [1.54, 1.807) is 13.1 Å². The highest BCUT2D eigenvalue weighted by atomic mass is 16.2. The zero-order valence-corrected chi connectivity index (χ0v) is 9.34. The van der Waals surface area contributed by atoms with E-state index in [2.05, 4.69) is 4.98 Å². The molecule has 1 atom stereocenters. The highest BCUT2D eigenvalue weighted by Crippen LogP contribution is 2.13. The van der Waals surface area contributed by atoms with Crippen molar-refractivity contribution >= 4 is 11.6 Å². The van der Waals surface area contributed by atoms with Crippen LogP contribution in [0, 0.1) is 11.3 Å². The summed E-state index contributed by atoms with van der Waals surface area (Å²) < 4.78 is 0. The van der Waals surface area contributed by atoms with Crippen LogP contribution in [0.2, 0.25) is 0 Å². The molecule has 16 heavy (non-hydrogen) atoms. The molecule has 0 fully saturated rings. The summed E-state index contributed by atoms with van der Waals surface area (Å²) in [6.45, 7) is 1.82. The van der Waals surface area contributed by atoms with Gasteiger partial charge in [-0.2, -0.15) is 5.26 Å². The number of nitrogen functional groups attached to an aromatic ring is 1. The smallest absolute Gasteiger partial charge is 0.256 e. The molecule has 2 N–H and O–H groups in total. The Hall–Kier alpha value is -2.09. The van der Waals surface area contributed by atoms with Crippen LogP contribution in [0.1, 0.15) is 23.7 Å². The van der Waals surface area contributed by atoms with Gasteiger partial charge in [-0.1, -0.05) is 0 Å². The predicted octanol–water partition coefficient (Wildman–Crippen LogP) is 1.04. The third-order valence-corrected chi connectivity index (χ3v) is 2.45. The zero-order chi connectivity index (χ0) is 12.1. The molecular formula is C11H14N4O. The Labute approximate surface area is 94.5 Å². The van der Waals surface area contributed by atoms with E-state index in [0.29, 0.717) is 17.7 Å². The molecule has 0 bridgehead atoms. The predicted molar refractivity (Wildman–Crippen MR) is 60.4 cm³/mol. The van der Waals surface area contributed by atoms with Gasteiger partial charge in [0.1, 0.15) is 0 Å². The molecule has 0 saturated carbocycles. The monoisotopic (exact) mass is 218 g/mol. The summed E-state index contributed by atoms with van der Waals surface area (Å²) in [4.78, 5) is 17.3. The Kier molecular flexibility index (Phi) is 3.84. The molecule has 1 unspecified atom stereocenters. The molecule has 5 heteroatoms. The fraction of sp³-hybridized carbons (Fsp3) is 0.364. The van der Waals surface area contributed by atoms with Crippen molar-refractivity contribution in [2.45, 2.75) is 19.4 Å². The first-order valence-corrected chi connectivity index (χ1v) is 4.91. The zero-order valence-electron chi connectivity index (χ0n) is 9.34. The van der Waals surface area contributed by atoms with Crippen LogP contribution in [0.4, 0.5) is 5.69 Å². The number of anilines is 1. The third kappa shape index (κ3) is 2.48. The van der Waals surface area contributed by atoms with Crippen LogP contribution in [-0.4, -0.2) is 28.9 Å². The van der Waals surface area contributed by atoms with E-state index in [4.69, 9.17) is 11.0 Å². The molecule has 0 aliphatic rings. The molecule has 1 aromatic heterocycles. The van der Waals surface area contributed by atoms with Gasteiger partial charge in [0.05, 0.1) is 29.9 Å². The molecule has 1 rings (SSSR count). The van der Waals surface area contributed by atoms with Crippen LogP contribution in [0.25, 0.3) is 0 Å². The lowest BCUT2D eigenvalue weighted by Crippen LogP contribution is -2.35. The summed E-state index contributed by atoms with van der Waals surface area (Å²) in [5.74, 6) is -0.192. The summed E-state index contributed by atoms with van der Waals surface area (Å²) >= 11 is 0. The first kappa shape index (κ1) is 12.0. The average Bonchev–Trinajstić information content (AvgIpc) is 2.28. The van der Waals surface area contributed by atoms with Crippen molar-refractivity contribution in [3.05, 3.63) is 24.0 Å². The van der Waals surface area contributed by atoms with E-state index < -0.39 is 0 Å². The maximum atomic E-state index is 12.0. The molecule has 0 aliphatic heterocycles. The molecule has 0 spiro atoms. The van der Waals surface area contributed by atoms with Gasteiger partial charge in [-0.05, 0) is 13.0 Å². The van der Waals surface area contributed by atoms with Crippen molar-refractivity contribution in [2.75, 3.05) is 12.8 Å². The van der Waals surface area contributed by atoms with Crippen molar-refractivity contribution in [1.82, 2.24) is 9.88 Å². The van der Waals surface area contributed by atoms with Crippen LogP contribution in [0.15, 0.2) is 18.5 Å². The minimum atomic E-state index is -0.192. The number of amides is 1. The van der Waals surface area contributed by atoms with Gasteiger partial charge in [0, 0.05) is 19.3 Å². The molecule has 1 heterocycles. The second kappa shape index (κ2) is 5.12. The fourth-order valence-corrected chi connectivity index (χ4v) is 1.26. The molecule has 5 nitrogen and oxygen atoms in total. The van der Waals surface area contributed by atoms with Crippen LogP contribution in [-0.2, 0) is 0 Å². The van der Waals surface area contributed by atoms with E-state index >= 15 is 0 Å². The van der Waals surface area contributed by atoms with Crippen LogP contribution in [0.3, 0.4) is 0 Å². The van der Waals surface area contributed by atoms with E-state index in [9.17, 15) is 4.79 Å². The Morgan fingerprint density at radius 3 is 3.00 bits per heavy atom. The number of rotatable bonds is 3. The summed E-state index contributed by atoms with van der Waals surface area (Å²) in [6, 6.07) is 3.47. The number of nitrogens with zero attached hydrogens (tertiary/aromatic N) is 3. The van der Waals surface area contributed by atoms with Gasteiger partial charge in [0.15, 0.2) is 0 Å². The largest absolute Gasteiger partial charge is 0.397 e. The minimum Gasteiger partial charge on any atom is -0.397 e. The molecule has 0 aliphatic carbocycles. The number of nitrogens with two attached hydrogens (primary N) is 1. The standard InChI is InChI=1S/C11H14N4O/c1-8(3-5-12)15(2)11(16)9-4-6-14-7-10(9)13/h4,6-8H,3,13H2,1-2H3. The normalized spacial score (nSPS) is 11.6. The van der Waals surface area contributed by atoms with Crippen LogP contribution in [0.5, 0.6) is 0 Å². The van der Waals surface area contributed by atoms with E-state index in [-0.39, 0.29) is 11.9 Å². The lowest BCUT2D eigenvalue weighted by molar-refractivity contribution is 0.0747. The van der Waals surface area contributed by atoms with E-state index in [1.165, 1.54) is 17.3 Å². The van der Waals surface area contributed by atoms with Crippen LogP contribution >= 0.6 is 0 Å². The molecular weight excluding hydrogens is 204 g/mol. The second-order valence-corrected chi connectivity index (χ2v) is 3.59. The van der Waals surface area contributed by atoms with Crippen LogP contribution < -0.4 is 5.73 Å². The molecule has 0 saturated heterocycles. The summed E-state index contributed by atoms with van der Waals surface area (Å²) in [7, 11) is 1.66. The number of pyridine rings is 1. The fourth-order valence-electron chi connectivity index (χ4n) is 1.26. The lowest BCUT2D eigenvalue weighted by Gasteiger charge is -2.23. The van der Waals surface area contributed by atoms with E-state index in [0.717, 1.165) is 0 Å². The SMILES string of the molecule is CC(CC#N)N(C)C(=O)c1ccncc1N. The number of hydrogen-bond acceptors (Lipinski definition) is 4. The quantitative estimate of drug-likeness (QED) is 0.821. The summed E-state index contributed by atoms with van der Waals surface area (Å²) in [5, 5.41) is 8.57. The lowest BCUT2D eigenvalue weighted by atomic mass is 10.1. The number of aromatic nitrogens is 1. The van der Waals surface area contributed by atoms with Crippen molar-refractivity contribution in [3.8, 4) is 6.07 Å². The molecule has 1 amide bonds. The van der Waals surface area contributed by atoms with Crippen molar-refractivity contribution in [1.29, 1.82) is 5.26 Å². The maximum absolute atomic E-state index is 12.0. The van der Waals surface area contributed by atoms with Gasteiger partial charge in [0.25, 0.3) is 5.91 Å². The summed E-state index contributed by atoms with van der Waals surface area (Å²) in [5.41, 5.74) is 6.43. The number of carbonyl (C=O) groups excluding carboxylic acids is 1. The van der Waals surface area contributed by atoms with Crippen molar-refractivity contribution in [3.63, 3.8) is 0 Å². The Morgan fingerprint density at radius 1 is 1.75 bits per heavy atom. The maximum Gasteiger partial charge on any atom is 0.256 e. The molecule has 0 aromatic carbocycles. The van der Waals surface area contributed by atoms with Gasteiger partial charge in [0.2, 0.25) is 0 Å². The minimum absolute atomic E-state index is 0.134. The Bertz CT molecular complexity index is 424. The Balaban J connectivity index is 2.87. The first-order chi connectivity index (χ1) is 7.57. The van der Waals surface area contributed by atoms with Gasteiger partial charge in [-0.25, -0.2) is 0 Å². The number of carbonyl (C=O) groups is 1. The van der Waals surface area contributed by atoms with Gasteiger partial charge in [-0.15, -0.1) is 0 Å². The summed E-state index contributed by atoms with van der Waals surface area (Å²) in [6.07, 6.45) is 3.26. The number of hydrogen-bond donors (Lipinski definition) is 1. The second-order valence-electron chi connectivity index (χ2n) is 3.59.